The van der Waals surface area contributed by atoms with Crippen molar-refractivity contribution in [1.82, 2.24) is 0 Å². The maximum atomic E-state index is 3.46. The first-order valence-corrected chi connectivity index (χ1v) is 6.17. The smallest absolute Gasteiger partial charge is 0.0455 e. The Hall–Kier alpha value is -1.76. The third-order valence-corrected chi connectivity index (χ3v) is 2.77. The molecule has 17 heavy (non-hydrogen) atoms. The molecule has 1 N–H and O–H groups in total. The minimum Gasteiger partial charge on any atom is -0.380 e. The van der Waals surface area contributed by atoms with Crippen LogP contribution in [-0.4, -0.2) is 0 Å². The van der Waals surface area contributed by atoms with Gasteiger partial charge in [0.2, 0.25) is 0 Å². The van der Waals surface area contributed by atoms with Gasteiger partial charge in [-0.15, -0.1) is 0 Å². The first-order chi connectivity index (χ1) is 8.40. The van der Waals surface area contributed by atoms with Crippen molar-refractivity contribution in [2.75, 3.05) is 5.32 Å². The first kappa shape index (κ1) is 11.7. The fraction of sp³-hybridized carbons (Fsp3) is 0.250. The van der Waals surface area contributed by atoms with E-state index in [-0.39, 0.29) is 0 Å². The van der Waals surface area contributed by atoms with E-state index in [0.29, 0.717) is 0 Å². The van der Waals surface area contributed by atoms with Gasteiger partial charge in [-0.25, -0.2) is 0 Å². The van der Waals surface area contributed by atoms with E-state index in [1.165, 1.54) is 11.1 Å². The quantitative estimate of drug-likeness (QED) is 0.807. The number of nitrogens with one attached hydrogen (secondary N) is 1. The minimum atomic E-state index is 0.859. The van der Waals surface area contributed by atoms with Gasteiger partial charge in [0.25, 0.3) is 0 Å². The van der Waals surface area contributed by atoms with Gasteiger partial charge >= 0.3 is 0 Å². The largest absolute Gasteiger partial charge is 0.380 e. The molecule has 0 amide bonds. The summed E-state index contributed by atoms with van der Waals surface area (Å²) in [4.78, 5) is 0. The molecule has 1 radical (unpaired) electrons. The SMILES string of the molecule is CCCc1ccc[c]c1NCc1ccccc1. The molecular formula is C16H18N. The van der Waals surface area contributed by atoms with Crippen molar-refractivity contribution < 1.29 is 0 Å². The van der Waals surface area contributed by atoms with Gasteiger partial charge in [0.05, 0.1) is 0 Å². The lowest BCUT2D eigenvalue weighted by molar-refractivity contribution is 0.919. The summed E-state index contributed by atoms with van der Waals surface area (Å²) >= 11 is 0. The molecule has 2 aromatic rings. The van der Waals surface area contributed by atoms with Crippen LogP contribution in [0.4, 0.5) is 5.69 Å². The van der Waals surface area contributed by atoms with Crippen LogP contribution in [0.25, 0.3) is 0 Å². The van der Waals surface area contributed by atoms with Crippen molar-refractivity contribution in [2.45, 2.75) is 26.3 Å². The Morgan fingerprint density at radius 3 is 2.65 bits per heavy atom. The van der Waals surface area contributed by atoms with Crippen LogP contribution >= 0.6 is 0 Å². The molecule has 0 atom stereocenters. The number of hydrogen-bond donors (Lipinski definition) is 1. The summed E-state index contributed by atoms with van der Waals surface area (Å²) < 4.78 is 0. The summed E-state index contributed by atoms with van der Waals surface area (Å²) in [5, 5.41) is 3.46. The first-order valence-electron chi connectivity index (χ1n) is 6.17. The van der Waals surface area contributed by atoms with Crippen LogP contribution in [0, 0.1) is 6.07 Å². The molecule has 0 fully saturated rings. The fourth-order valence-corrected chi connectivity index (χ4v) is 1.90. The molecule has 0 aliphatic carbocycles. The van der Waals surface area contributed by atoms with Crippen LogP contribution in [0.15, 0.2) is 48.5 Å². The zero-order valence-electron chi connectivity index (χ0n) is 10.2. The van der Waals surface area contributed by atoms with Crippen molar-refractivity contribution in [3.8, 4) is 0 Å². The Morgan fingerprint density at radius 2 is 1.88 bits per heavy atom. The van der Waals surface area contributed by atoms with E-state index in [1.54, 1.807) is 0 Å². The second kappa shape index (κ2) is 6.09. The third kappa shape index (κ3) is 3.35. The van der Waals surface area contributed by atoms with Gasteiger partial charge in [-0.05, 0) is 17.5 Å². The Labute approximate surface area is 103 Å². The van der Waals surface area contributed by atoms with Crippen LogP contribution in [0.1, 0.15) is 24.5 Å². The molecule has 0 bridgehead atoms. The number of aryl methyl sites for hydroxylation is 1. The molecule has 0 aromatic heterocycles. The molecule has 0 spiro atoms. The summed E-state index contributed by atoms with van der Waals surface area (Å²) in [6, 6.07) is 19.9. The summed E-state index contributed by atoms with van der Waals surface area (Å²) in [6.45, 7) is 3.06. The summed E-state index contributed by atoms with van der Waals surface area (Å²) in [6.07, 6.45) is 2.27. The molecule has 0 saturated carbocycles. The Bertz CT molecular complexity index is 448. The highest BCUT2D eigenvalue weighted by Gasteiger charge is 2.00. The molecule has 2 aromatic carbocycles. The predicted octanol–water partition coefficient (Wildman–Crippen LogP) is 4.05. The van der Waals surface area contributed by atoms with E-state index in [4.69, 9.17) is 0 Å². The van der Waals surface area contributed by atoms with Crippen molar-refractivity contribution in [3.05, 3.63) is 65.7 Å². The lowest BCUT2D eigenvalue weighted by atomic mass is 10.1. The number of hydrogen-bond acceptors (Lipinski definition) is 1. The van der Waals surface area contributed by atoms with Gasteiger partial charge in [-0.3, -0.25) is 0 Å². The zero-order valence-corrected chi connectivity index (χ0v) is 10.2. The number of benzene rings is 2. The van der Waals surface area contributed by atoms with Crippen molar-refractivity contribution in [2.24, 2.45) is 0 Å². The monoisotopic (exact) mass is 224 g/mol. The fourth-order valence-electron chi connectivity index (χ4n) is 1.90. The highest BCUT2D eigenvalue weighted by Crippen LogP contribution is 2.17. The van der Waals surface area contributed by atoms with Gasteiger partial charge in [0.15, 0.2) is 0 Å². The maximum absolute atomic E-state index is 3.46. The van der Waals surface area contributed by atoms with Gasteiger partial charge in [0, 0.05) is 18.3 Å². The lowest BCUT2D eigenvalue weighted by Crippen LogP contribution is -2.02. The van der Waals surface area contributed by atoms with E-state index in [0.717, 1.165) is 25.1 Å². The number of para-hydroxylation sites is 1. The van der Waals surface area contributed by atoms with Crippen LogP contribution in [0.5, 0.6) is 0 Å². The van der Waals surface area contributed by atoms with Crippen LogP contribution in [0.2, 0.25) is 0 Å². The second-order valence-corrected chi connectivity index (χ2v) is 4.16. The van der Waals surface area contributed by atoms with Crippen molar-refractivity contribution in [3.63, 3.8) is 0 Å². The zero-order chi connectivity index (χ0) is 11.9. The molecular weight excluding hydrogens is 206 g/mol. The molecule has 0 heterocycles. The molecule has 2 rings (SSSR count). The van der Waals surface area contributed by atoms with Gasteiger partial charge < -0.3 is 5.32 Å². The average Bonchev–Trinajstić information content (AvgIpc) is 2.39. The molecule has 1 nitrogen and oxygen atoms in total. The molecule has 0 aliphatic heterocycles. The van der Waals surface area contributed by atoms with Crippen LogP contribution in [0.3, 0.4) is 0 Å². The predicted molar refractivity (Wildman–Crippen MR) is 73.0 cm³/mol. The average molecular weight is 224 g/mol. The summed E-state index contributed by atoms with van der Waals surface area (Å²) in [5.74, 6) is 0. The minimum absolute atomic E-state index is 0.859. The van der Waals surface area contributed by atoms with Gasteiger partial charge in [-0.2, -0.15) is 0 Å². The number of anilines is 1. The normalized spacial score (nSPS) is 10.2. The van der Waals surface area contributed by atoms with Crippen LogP contribution in [-0.2, 0) is 13.0 Å². The molecule has 1 heteroatoms. The Kier molecular flexibility index (Phi) is 4.20. The van der Waals surface area contributed by atoms with E-state index in [2.05, 4.69) is 54.7 Å². The highest BCUT2D eigenvalue weighted by atomic mass is 14.9. The maximum Gasteiger partial charge on any atom is 0.0455 e. The standard InChI is InChI=1S/C16H18N/c1-2-8-15-11-6-7-12-16(15)17-13-14-9-4-3-5-10-14/h3-7,9-11,17H,2,8,13H2,1H3. The Balaban J connectivity index is 2.03. The van der Waals surface area contributed by atoms with Crippen LogP contribution < -0.4 is 5.32 Å². The van der Waals surface area contributed by atoms with E-state index >= 15 is 0 Å². The molecule has 87 valence electrons. The topological polar surface area (TPSA) is 12.0 Å². The lowest BCUT2D eigenvalue weighted by Gasteiger charge is -2.11. The van der Waals surface area contributed by atoms with Crippen molar-refractivity contribution >= 4 is 5.69 Å². The summed E-state index contributed by atoms with van der Waals surface area (Å²) in [5.41, 5.74) is 3.79. The molecule has 0 saturated heterocycles. The van der Waals surface area contributed by atoms with Gasteiger partial charge in [-0.1, -0.05) is 61.9 Å². The third-order valence-electron chi connectivity index (χ3n) is 2.77. The summed E-state index contributed by atoms with van der Waals surface area (Å²) in [7, 11) is 0. The Morgan fingerprint density at radius 1 is 1.06 bits per heavy atom. The van der Waals surface area contributed by atoms with Crippen molar-refractivity contribution in [1.29, 1.82) is 0 Å². The van der Waals surface area contributed by atoms with Gasteiger partial charge in [0.1, 0.15) is 0 Å². The molecule has 0 unspecified atom stereocenters. The number of rotatable bonds is 5. The second-order valence-electron chi connectivity index (χ2n) is 4.16. The highest BCUT2D eigenvalue weighted by molar-refractivity contribution is 5.50. The van der Waals surface area contributed by atoms with E-state index in [9.17, 15) is 0 Å². The van der Waals surface area contributed by atoms with E-state index in [1.807, 2.05) is 12.1 Å². The molecule has 0 aliphatic rings. The van der Waals surface area contributed by atoms with E-state index < -0.39 is 0 Å².